The van der Waals surface area contributed by atoms with Crippen molar-refractivity contribution in [1.82, 2.24) is 0 Å². The number of hydrogen-bond acceptors (Lipinski definition) is 6. The molecule has 0 aliphatic heterocycles. The van der Waals surface area contributed by atoms with Crippen LogP contribution in [0.4, 0.5) is 5.69 Å². The smallest absolute Gasteiger partial charge is 0.340 e. The molecule has 0 spiro atoms. The Morgan fingerprint density at radius 2 is 1.65 bits per heavy atom. The lowest BCUT2D eigenvalue weighted by molar-refractivity contribution is -0.129. The van der Waals surface area contributed by atoms with Crippen LogP contribution in [0.15, 0.2) is 41.3 Å². The molecule has 7 nitrogen and oxygen atoms in total. The van der Waals surface area contributed by atoms with Crippen LogP contribution >= 0.6 is 23.2 Å². The summed E-state index contributed by atoms with van der Waals surface area (Å²) in [6, 6.07) is 8.43. The summed E-state index contributed by atoms with van der Waals surface area (Å²) >= 11 is 12.1. The molecule has 168 valence electrons. The van der Waals surface area contributed by atoms with Crippen LogP contribution in [0, 0.1) is 5.41 Å². The van der Waals surface area contributed by atoms with Gasteiger partial charge < -0.3 is 9.47 Å². The summed E-state index contributed by atoms with van der Waals surface area (Å²) in [5, 5.41) is -0.274. The molecule has 2 aromatic carbocycles. The minimum atomic E-state index is -4.15. The quantitative estimate of drug-likeness (QED) is 0.527. The highest BCUT2D eigenvalue weighted by Gasteiger charge is 2.26. The van der Waals surface area contributed by atoms with E-state index in [1.807, 2.05) is 6.92 Å². The number of ketones is 1. The molecule has 0 atom stereocenters. The van der Waals surface area contributed by atoms with Crippen molar-refractivity contribution in [2.24, 2.45) is 5.41 Å². The zero-order chi connectivity index (χ0) is 23.4. The SMILES string of the molecule is CCOc1ccc(NS(=O)(=O)c2cc(C(=O)OCC(=O)C(C)(C)C)c(Cl)cc2Cl)cc1. The normalized spacial score (nSPS) is 11.7. The number of carbonyl (C=O) groups excluding carboxylic acids is 2. The van der Waals surface area contributed by atoms with E-state index in [0.717, 1.165) is 12.1 Å². The molecule has 0 unspecified atom stereocenters. The summed E-state index contributed by atoms with van der Waals surface area (Å²) in [7, 11) is -4.15. The van der Waals surface area contributed by atoms with Crippen molar-refractivity contribution in [3.63, 3.8) is 0 Å². The lowest BCUT2D eigenvalue weighted by Crippen LogP contribution is -2.26. The molecule has 31 heavy (non-hydrogen) atoms. The molecule has 0 aliphatic rings. The predicted octanol–water partition coefficient (Wildman–Crippen LogP) is 4.96. The Kier molecular flexibility index (Phi) is 7.97. The van der Waals surface area contributed by atoms with Gasteiger partial charge in [-0.2, -0.15) is 0 Å². The number of benzene rings is 2. The van der Waals surface area contributed by atoms with E-state index in [4.69, 9.17) is 32.7 Å². The molecule has 0 aromatic heterocycles. The van der Waals surface area contributed by atoms with E-state index in [-0.39, 0.29) is 32.0 Å². The maximum Gasteiger partial charge on any atom is 0.340 e. The Morgan fingerprint density at radius 1 is 1.03 bits per heavy atom. The average molecular weight is 488 g/mol. The van der Waals surface area contributed by atoms with Crippen molar-refractivity contribution in [1.29, 1.82) is 0 Å². The molecule has 0 heterocycles. The summed E-state index contributed by atoms with van der Waals surface area (Å²) in [5.74, 6) is -0.641. The maximum absolute atomic E-state index is 12.8. The van der Waals surface area contributed by atoms with Gasteiger partial charge in [-0.25, -0.2) is 13.2 Å². The molecule has 0 bridgehead atoms. The second-order valence-corrected chi connectivity index (χ2v) is 10.0. The number of Topliss-reactive ketones (excluding diaryl/α,β-unsaturated/α-hetero) is 1. The van der Waals surface area contributed by atoms with Crippen LogP contribution in [0.1, 0.15) is 38.1 Å². The second kappa shape index (κ2) is 9.89. The van der Waals surface area contributed by atoms with Crippen LogP contribution < -0.4 is 9.46 Å². The van der Waals surface area contributed by atoms with Crippen molar-refractivity contribution in [2.45, 2.75) is 32.6 Å². The summed E-state index contributed by atoms with van der Waals surface area (Å²) < 4.78 is 38.4. The molecule has 10 heteroatoms. The number of carbonyl (C=O) groups is 2. The summed E-state index contributed by atoms with van der Waals surface area (Å²) in [4.78, 5) is 24.0. The number of sulfonamides is 1. The molecular weight excluding hydrogens is 465 g/mol. The number of rotatable bonds is 8. The molecule has 0 radical (unpaired) electrons. The molecular formula is C21H23Cl2NO6S. The first kappa shape index (κ1) is 25.0. The second-order valence-electron chi connectivity index (χ2n) is 7.57. The van der Waals surface area contributed by atoms with Crippen LogP contribution in [0.5, 0.6) is 5.75 Å². The van der Waals surface area contributed by atoms with Crippen LogP contribution in [0.3, 0.4) is 0 Å². The van der Waals surface area contributed by atoms with E-state index >= 15 is 0 Å². The summed E-state index contributed by atoms with van der Waals surface area (Å²) in [6.07, 6.45) is 0. The van der Waals surface area contributed by atoms with Gasteiger partial charge in [-0.15, -0.1) is 0 Å². The third kappa shape index (κ3) is 6.59. The minimum Gasteiger partial charge on any atom is -0.494 e. The first-order chi connectivity index (χ1) is 14.3. The molecule has 0 saturated heterocycles. The van der Waals surface area contributed by atoms with Gasteiger partial charge in [0.05, 0.1) is 22.2 Å². The van der Waals surface area contributed by atoms with E-state index in [2.05, 4.69) is 4.72 Å². The first-order valence-electron chi connectivity index (χ1n) is 9.30. The number of hydrogen-bond donors (Lipinski definition) is 1. The average Bonchev–Trinajstić information content (AvgIpc) is 2.66. The van der Waals surface area contributed by atoms with E-state index in [0.29, 0.717) is 12.4 Å². The van der Waals surface area contributed by atoms with Gasteiger partial charge in [0.15, 0.2) is 12.4 Å². The predicted molar refractivity (Wildman–Crippen MR) is 120 cm³/mol. The number of nitrogens with one attached hydrogen (secondary N) is 1. The van der Waals surface area contributed by atoms with Gasteiger partial charge >= 0.3 is 5.97 Å². The third-order valence-electron chi connectivity index (χ3n) is 4.12. The zero-order valence-electron chi connectivity index (χ0n) is 17.5. The Hall–Kier alpha value is -2.29. The van der Waals surface area contributed by atoms with Crippen molar-refractivity contribution < 1.29 is 27.5 Å². The molecule has 0 fully saturated rings. The minimum absolute atomic E-state index is 0.0989. The van der Waals surface area contributed by atoms with E-state index < -0.39 is 28.0 Å². The topological polar surface area (TPSA) is 98.8 Å². The van der Waals surface area contributed by atoms with Crippen LogP contribution in [-0.2, 0) is 19.6 Å². The standard InChI is InChI=1S/C21H23Cl2NO6S/c1-5-29-14-8-6-13(7-9-14)24-31(27,28)18-10-15(16(22)11-17(18)23)20(26)30-12-19(25)21(2,3)4/h6-11,24H,5,12H2,1-4H3. The van der Waals surface area contributed by atoms with E-state index in [1.54, 1.807) is 32.9 Å². The summed E-state index contributed by atoms with van der Waals surface area (Å²) in [5.41, 5.74) is -0.644. The van der Waals surface area contributed by atoms with Crippen molar-refractivity contribution in [3.05, 3.63) is 52.0 Å². The van der Waals surface area contributed by atoms with Crippen LogP contribution in [0.2, 0.25) is 10.0 Å². The summed E-state index contributed by atoms with van der Waals surface area (Å²) in [6.45, 7) is 6.92. The lowest BCUT2D eigenvalue weighted by Gasteiger charge is -2.16. The lowest BCUT2D eigenvalue weighted by atomic mass is 9.91. The fourth-order valence-corrected chi connectivity index (χ4v) is 4.22. The van der Waals surface area contributed by atoms with Crippen molar-refractivity contribution >= 4 is 50.7 Å². The maximum atomic E-state index is 12.8. The first-order valence-corrected chi connectivity index (χ1v) is 11.5. The highest BCUT2D eigenvalue weighted by Crippen LogP contribution is 2.31. The number of esters is 1. The molecule has 0 saturated carbocycles. The van der Waals surface area contributed by atoms with Crippen LogP contribution in [-0.4, -0.2) is 33.4 Å². The fraction of sp³-hybridized carbons (Fsp3) is 0.333. The molecule has 2 rings (SSSR count). The Balaban J connectivity index is 2.28. The zero-order valence-corrected chi connectivity index (χ0v) is 19.8. The van der Waals surface area contributed by atoms with Crippen LogP contribution in [0.25, 0.3) is 0 Å². The van der Waals surface area contributed by atoms with Gasteiger partial charge in [-0.1, -0.05) is 44.0 Å². The molecule has 1 N–H and O–H groups in total. The van der Waals surface area contributed by atoms with Crippen molar-refractivity contribution in [2.75, 3.05) is 17.9 Å². The van der Waals surface area contributed by atoms with Gasteiger partial charge in [0, 0.05) is 11.1 Å². The van der Waals surface area contributed by atoms with Gasteiger partial charge in [0.1, 0.15) is 10.6 Å². The number of ether oxygens (including phenoxy) is 2. The highest BCUT2D eigenvalue weighted by atomic mass is 35.5. The Labute approximate surface area is 191 Å². The largest absolute Gasteiger partial charge is 0.494 e. The Morgan fingerprint density at radius 3 is 2.19 bits per heavy atom. The fourth-order valence-electron chi connectivity index (χ4n) is 2.31. The van der Waals surface area contributed by atoms with Gasteiger partial charge in [0.25, 0.3) is 10.0 Å². The molecule has 0 amide bonds. The highest BCUT2D eigenvalue weighted by molar-refractivity contribution is 7.92. The number of halogens is 2. The Bertz CT molecular complexity index is 1080. The molecule has 2 aromatic rings. The van der Waals surface area contributed by atoms with Crippen molar-refractivity contribution in [3.8, 4) is 5.75 Å². The van der Waals surface area contributed by atoms with E-state index in [9.17, 15) is 18.0 Å². The monoisotopic (exact) mass is 487 g/mol. The third-order valence-corrected chi connectivity index (χ3v) is 6.28. The number of anilines is 1. The van der Waals surface area contributed by atoms with E-state index in [1.165, 1.54) is 12.1 Å². The van der Waals surface area contributed by atoms with Gasteiger partial charge in [-0.3, -0.25) is 9.52 Å². The van der Waals surface area contributed by atoms with Gasteiger partial charge in [0.2, 0.25) is 0 Å². The molecule has 0 aliphatic carbocycles. The van der Waals surface area contributed by atoms with Gasteiger partial charge in [-0.05, 0) is 43.3 Å².